The van der Waals surface area contributed by atoms with Crippen molar-refractivity contribution in [2.45, 2.75) is 88.1 Å². The van der Waals surface area contributed by atoms with Crippen LogP contribution in [0.15, 0.2) is 30.3 Å². The molecule has 1 saturated heterocycles. The van der Waals surface area contributed by atoms with Crippen LogP contribution in [-0.4, -0.2) is 51.2 Å². The highest BCUT2D eigenvalue weighted by Gasteiger charge is 2.64. The highest BCUT2D eigenvalue weighted by molar-refractivity contribution is 5.89. The molecule has 5 atom stereocenters. The van der Waals surface area contributed by atoms with Gasteiger partial charge in [-0.3, -0.25) is 4.79 Å². The predicted molar refractivity (Wildman–Crippen MR) is 112 cm³/mol. The number of rotatable bonds is 8. The van der Waals surface area contributed by atoms with Crippen LogP contribution in [0.2, 0.25) is 0 Å². The fourth-order valence-corrected chi connectivity index (χ4v) is 5.06. The molecule has 2 aliphatic rings. The van der Waals surface area contributed by atoms with E-state index in [9.17, 15) is 14.7 Å². The monoisotopic (exact) mass is 402 g/mol. The number of carboxylic acid groups (broad SMARTS) is 1. The predicted octanol–water partition coefficient (Wildman–Crippen LogP) is 1.60. The van der Waals surface area contributed by atoms with E-state index in [0.29, 0.717) is 12.8 Å². The Labute approximate surface area is 172 Å². The summed E-state index contributed by atoms with van der Waals surface area (Å²) in [5, 5.41) is 13.1. The van der Waals surface area contributed by atoms with Crippen LogP contribution in [0.25, 0.3) is 0 Å². The minimum Gasteiger partial charge on any atom is -0.480 e. The maximum atomic E-state index is 13.3. The van der Waals surface area contributed by atoms with Gasteiger partial charge in [0.05, 0.1) is 11.6 Å². The Morgan fingerprint density at radius 3 is 2.59 bits per heavy atom. The summed E-state index contributed by atoms with van der Waals surface area (Å²) >= 11 is 0. The summed E-state index contributed by atoms with van der Waals surface area (Å²) in [6.45, 7) is 3.88. The number of hydrogen-bond donors (Lipinski definition) is 4. The number of aliphatic carboxylic acids is 1. The average molecular weight is 403 g/mol. The van der Waals surface area contributed by atoms with E-state index in [2.05, 4.69) is 24.4 Å². The van der Waals surface area contributed by atoms with E-state index in [-0.39, 0.29) is 18.4 Å². The fourth-order valence-electron chi connectivity index (χ4n) is 5.06. The minimum absolute atomic E-state index is 0.153. The Morgan fingerprint density at radius 2 is 1.97 bits per heavy atom. The Kier molecular flexibility index (Phi) is 6.31. The van der Waals surface area contributed by atoms with E-state index in [1.165, 1.54) is 10.5 Å². The number of carbonyl (C=O) groups excluding carboxylic acids is 1. The van der Waals surface area contributed by atoms with Crippen LogP contribution < -0.4 is 16.8 Å². The molecule has 1 saturated carbocycles. The molecule has 1 aliphatic heterocycles. The van der Waals surface area contributed by atoms with Crippen molar-refractivity contribution in [3.8, 4) is 0 Å². The number of amides is 1. The van der Waals surface area contributed by atoms with Crippen molar-refractivity contribution in [1.82, 2.24) is 10.2 Å². The molecule has 0 bridgehead atoms. The standard InChI is InChI=1S/C22H34N4O3/c1-3-17(11-10-16-8-5-4-6-9-16)25-15(2)19(27)26-18(20(28)29)14-21(23)12-7-13-22(21,26)24/h4-6,8-9,15,17-18,25H,3,7,10-14,23-24H2,1-2H3,(H,28,29). The normalized spacial score (nSPS) is 30.8. The Morgan fingerprint density at radius 1 is 1.28 bits per heavy atom. The Balaban J connectivity index is 1.69. The molecule has 0 radical (unpaired) electrons. The van der Waals surface area contributed by atoms with Gasteiger partial charge in [-0.1, -0.05) is 37.3 Å². The molecular weight excluding hydrogens is 368 g/mol. The van der Waals surface area contributed by atoms with Gasteiger partial charge in [0.25, 0.3) is 0 Å². The number of benzene rings is 1. The van der Waals surface area contributed by atoms with Gasteiger partial charge in [-0.05, 0) is 51.0 Å². The summed E-state index contributed by atoms with van der Waals surface area (Å²) in [5.41, 5.74) is 12.4. The molecule has 1 amide bonds. The van der Waals surface area contributed by atoms with Gasteiger partial charge < -0.3 is 26.8 Å². The van der Waals surface area contributed by atoms with E-state index in [1.54, 1.807) is 6.92 Å². The summed E-state index contributed by atoms with van der Waals surface area (Å²) in [4.78, 5) is 26.6. The number of nitrogens with two attached hydrogens (primary N) is 2. The van der Waals surface area contributed by atoms with Crippen LogP contribution in [0, 0.1) is 0 Å². The van der Waals surface area contributed by atoms with Crippen molar-refractivity contribution in [3.63, 3.8) is 0 Å². The summed E-state index contributed by atoms with van der Waals surface area (Å²) in [6, 6.07) is 8.90. The third-order valence-corrected chi connectivity index (χ3v) is 6.84. The molecule has 1 aromatic carbocycles. The molecule has 5 unspecified atom stereocenters. The first kappa shape index (κ1) is 21.7. The molecule has 3 rings (SSSR count). The number of hydrogen-bond acceptors (Lipinski definition) is 5. The van der Waals surface area contributed by atoms with Crippen molar-refractivity contribution < 1.29 is 14.7 Å². The third kappa shape index (κ3) is 4.04. The molecule has 7 nitrogen and oxygen atoms in total. The van der Waals surface area contributed by atoms with Gasteiger partial charge in [0, 0.05) is 12.5 Å². The van der Waals surface area contributed by atoms with Crippen molar-refractivity contribution in [1.29, 1.82) is 0 Å². The Bertz CT molecular complexity index is 743. The second-order valence-electron chi connectivity index (χ2n) is 8.72. The molecule has 29 heavy (non-hydrogen) atoms. The highest BCUT2D eigenvalue weighted by atomic mass is 16.4. The van der Waals surface area contributed by atoms with E-state index < -0.39 is 29.3 Å². The first-order chi connectivity index (χ1) is 13.7. The van der Waals surface area contributed by atoms with Crippen molar-refractivity contribution >= 4 is 11.9 Å². The summed E-state index contributed by atoms with van der Waals surface area (Å²) in [7, 11) is 0. The van der Waals surface area contributed by atoms with Crippen molar-refractivity contribution in [2.75, 3.05) is 0 Å². The van der Waals surface area contributed by atoms with Crippen LogP contribution in [0.1, 0.15) is 57.9 Å². The Hall–Kier alpha value is -1.96. The van der Waals surface area contributed by atoms with Gasteiger partial charge in [-0.25, -0.2) is 4.79 Å². The molecule has 160 valence electrons. The summed E-state index contributed by atoms with van der Waals surface area (Å²) < 4.78 is 0. The van der Waals surface area contributed by atoms with Crippen molar-refractivity contribution in [3.05, 3.63) is 35.9 Å². The third-order valence-electron chi connectivity index (χ3n) is 6.84. The zero-order valence-electron chi connectivity index (χ0n) is 17.4. The van der Waals surface area contributed by atoms with Gasteiger partial charge in [-0.15, -0.1) is 0 Å². The highest BCUT2D eigenvalue weighted by Crippen LogP contribution is 2.48. The number of fused-ring (bicyclic) bond motifs is 1. The number of likely N-dealkylation sites (tertiary alicyclic amines) is 1. The lowest BCUT2D eigenvalue weighted by Gasteiger charge is -2.42. The molecule has 1 aromatic rings. The lowest BCUT2D eigenvalue weighted by Crippen LogP contribution is -2.69. The first-order valence-corrected chi connectivity index (χ1v) is 10.7. The summed E-state index contributed by atoms with van der Waals surface area (Å²) in [6.07, 6.45) is 4.89. The van der Waals surface area contributed by atoms with Crippen LogP contribution in [0.4, 0.5) is 0 Å². The number of aryl methyl sites for hydroxylation is 1. The number of carbonyl (C=O) groups is 2. The second kappa shape index (κ2) is 8.42. The molecule has 1 heterocycles. The maximum absolute atomic E-state index is 13.3. The largest absolute Gasteiger partial charge is 0.480 e. The number of carboxylic acids is 1. The number of nitrogens with one attached hydrogen (secondary N) is 1. The molecular formula is C22H34N4O3. The van der Waals surface area contributed by atoms with E-state index in [0.717, 1.165) is 25.7 Å². The van der Waals surface area contributed by atoms with Crippen LogP contribution in [-0.2, 0) is 16.0 Å². The zero-order chi connectivity index (χ0) is 21.2. The maximum Gasteiger partial charge on any atom is 0.326 e. The zero-order valence-corrected chi connectivity index (χ0v) is 17.4. The van der Waals surface area contributed by atoms with Gasteiger partial charge in [0.1, 0.15) is 11.7 Å². The van der Waals surface area contributed by atoms with E-state index in [4.69, 9.17) is 11.5 Å². The van der Waals surface area contributed by atoms with Crippen LogP contribution in [0.3, 0.4) is 0 Å². The first-order valence-electron chi connectivity index (χ1n) is 10.7. The van der Waals surface area contributed by atoms with Crippen molar-refractivity contribution in [2.24, 2.45) is 11.5 Å². The van der Waals surface area contributed by atoms with E-state index in [1.807, 2.05) is 18.2 Å². The lowest BCUT2D eigenvalue weighted by molar-refractivity contribution is -0.153. The van der Waals surface area contributed by atoms with Gasteiger partial charge >= 0.3 is 5.97 Å². The molecule has 0 aromatic heterocycles. The van der Waals surface area contributed by atoms with E-state index >= 15 is 0 Å². The fraction of sp³-hybridized carbons (Fsp3) is 0.636. The van der Waals surface area contributed by atoms with Gasteiger partial charge in [0.15, 0.2) is 0 Å². The lowest BCUT2D eigenvalue weighted by atomic mass is 9.88. The molecule has 0 spiro atoms. The van der Waals surface area contributed by atoms with Gasteiger partial charge in [-0.2, -0.15) is 0 Å². The topological polar surface area (TPSA) is 122 Å². The number of nitrogens with zero attached hydrogens (tertiary/aromatic N) is 1. The van der Waals surface area contributed by atoms with Crippen LogP contribution >= 0.6 is 0 Å². The second-order valence-corrected chi connectivity index (χ2v) is 8.72. The molecule has 2 fully saturated rings. The molecule has 7 heteroatoms. The quantitative estimate of drug-likeness (QED) is 0.524. The minimum atomic E-state index is -1.09. The average Bonchev–Trinajstić information content (AvgIpc) is 3.11. The van der Waals surface area contributed by atoms with Crippen LogP contribution in [0.5, 0.6) is 0 Å². The summed E-state index contributed by atoms with van der Waals surface area (Å²) in [5.74, 6) is -1.31. The molecule has 6 N–H and O–H groups in total. The SMILES string of the molecule is CCC(CCc1ccccc1)NC(C)C(=O)N1C(C(=O)O)CC2(N)CCCC12N. The van der Waals surface area contributed by atoms with Gasteiger partial charge in [0.2, 0.25) is 5.91 Å². The molecule has 1 aliphatic carbocycles. The smallest absolute Gasteiger partial charge is 0.326 e.